The summed E-state index contributed by atoms with van der Waals surface area (Å²) in [5.74, 6) is 0. The van der Waals surface area contributed by atoms with Crippen LogP contribution in [0.3, 0.4) is 0 Å². The summed E-state index contributed by atoms with van der Waals surface area (Å²) in [7, 11) is 0. The third-order valence-corrected chi connectivity index (χ3v) is 4.60. The zero-order valence-corrected chi connectivity index (χ0v) is 10.6. The average Bonchev–Trinajstić information content (AvgIpc) is 2.99. The van der Waals surface area contributed by atoms with Crippen LogP contribution >= 0.6 is 0 Å². The van der Waals surface area contributed by atoms with E-state index in [0.29, 0.717) is 11.0 Å². The van der Waals surface area contributed by atoms with Gasteiger partial charge in [0, 0.05) is 31.7 Å². The molecule has 0 spiro atoms. The summed E-state index contributed by atoms with van der Waals surface area (Å²) in [5.41, 5.74) is 1.08. The van der Waals surface area contributed by atoms with Crippen molar-refractivity contribution in [1.29, 1.82) is 0 Å². The highest BCUT2D eigenvalue weighted by molar-refractivity contribution is 4.97. The molecule has 88 valence electrons. The Morgan fingerprint density at radius 3 is 2.47 bits per heavy atom. The molecule has 0 radical (unpaired) electrons. The average molecular weight is 210 g/mol. The minimum absolute atomic E-state index is 0.363. The van der Waals surface area contributed by atoms with E-state index in [2.05, 4.69) is 31.0 Å². The monoisotopic (exact) mass is 210 g/mol. The first kappa shape index (κ1) is 11.4. The van der Waals surface area contributed by atoms with Crippen LogP contribution in [0.2, 0.25) is 0 Å². The highest BCUT2D eigenvalue weighted by atomic mass is 15.2. The lowest BCUT2D eigenvalue weighted by atomic mass is 9.94. The second-order valence-corrected chi connectivity index (χ2v) is 5.91. The predicted molar refractivity (Wildman–Crippen MR) is 65.1 cm³/mol. The van der Waals surface area contributed by atoms with Gasteiger partial charge in [-0.25, -0.2) is 0 Å². The zero-order chi connectivity index (χ0) is 10.9. The molecule has 1 aliphatic carbocycles. The molecule has 1 saturated carbocycles. The van der Waals surface area contributed by atoms with Crippen molar-refractivity contribution in [1.82, 2.24) is 10.2 Å². The van der Waals surface area contributed by atoms with Gasteiger partial charge in [0.15, 0.2) is 0 Å². The molecular formula is C13H26N2. The third kappa shape index (κ3) is 2.54. The van der Waals surface area contributed by atoms with Crippen molar-refractivity contribution in [3.05, 3.63) is 0 Å². The smallest absolute Gasteiger partial charge is 0.0278 e. The molecule has 15 heavy (non-hydrogen) atoms. The molecule has 1 N–H and O–H groups in total. The zero-order valence-electron chi connectivity index (χ0n) is 10.6. The summed E-state index contributed by atoms with van der Waals surface area (Å²) in [6.45, 7) is 12.0. The Bertz CT molecular complexity index is 221. The summed E-state index contributed by atoms with van der Waals surface area (Å²) in [5, 5.41) is 3.66. The first-order valence-electron chi connectivity index (χ1n) is 6.59. The fraction of sp³-hybridized carbons (Fsp3) is 1.00. The largest absolute Gasteiger partial charge is 0.309 e. The first-order valence-corrected chi connectivity index (χ1v) is 6.59. The molecule has 1 unspecified atom stereocenters. The second-order valence-electron chi connectivity index (χ2n) is 5.91. The van der Waals surface area contributed by atoms with Gasteiger partial charge < -0.3 is 5.32 Å². The summed E-state index contributed by atoms with van der Waals surface area (Å²) in [4.78, 5) is 2.69. The van der Waals surface area contributed by atoms with Crippen molar-refractivity contribution in [3.63, 3.8) is 0 Å². The summed E-state index contributed by atoms with van der Waals surface area (Å²) < 4.78 is 0. The Balaban J connectivity index is 1.88. The molecule has 0 bridgehead atoms. The van der Waals surface area contributed by atoms with Crippen LogP contribution in [0.4, 0.5) is 0 Å². The number of nitrogens with one attached hydrogen (secondary N) is 1. The standard InChI is InChI=1S/C13H26N2/c1-4-12(3)10-15(9-8-14-12)11-13(5-2)6-7-13/h14H,4-11H2,1-3H3. The molecule has 0 aromatic rings. The minimum atomic E-state index is 0.363. The van der Waals surface area contributed by atoms with Crippen LogP contribution in [0.5, 0.6) is 0 Å². The van der Waals surface area contributed by atoms with E-state index in [1.807, 2.05) is 0 Å². The van der Waals surface area contributed by atoms with Crippen molar-refractivity contribution in [2.45, 2.75) is 52.0 Å². The second kappa shape index (κ2) is 4.06. The van der Waals surface area contributed by atoms with Crippen LogP contribution in [0.15, 0.2) is 0 Å². The lowest BCUT2D eigenvalue weighted by Crippen LogP contribution is -2.59. The first-order chi connectivity index (χ1) is 7.11. The lowest BCUT2D eigenvalue weighted by Gasteiger charge is -2.42. The minimum Gasteiger partial charge on any atom is -0.309 e. The Labute approximate surface area is 94.4 Å². The van der Waals surface area contributed by atoms with Crippen LogP contribution < -0.4 is 5.32 Å². The van der Waals surface area contributed by atoms with Crippen molar-refractivity contribution in [3.8, 4) is 0 Å². The van der Waals surface area contributed by atoms with Gasteiger partial charge in [0.05, 0.1) is 0 Å². The van der Waals surface area contributed by atoms with Gasteiger partial charge in [0.2, 0.25) is 0 Å². The van der Waals surface area contributed by atoms with E-state index in [4.69, 9.17) is 0 Å². The van der Waals surface area contributed by atoms with Crippen LogP contribution in [0.1, 0.15) is 46.5 Å². The van der Waals surface area contributed by atoms with Gasteiger partial charge in [0.1, 0.15) is 0 Å². The highest BCUT2D eigenvalue weighted by Crippen LogP contribution is 2.49. The fourth-order valence-electron chi connectivity index (χ4n) is 2.79. The van der Waals surface area contributed by atoms with Crippen molar-refractivity contribution in [2.24, 2.45) is 5.41 Å². The van der Waals surface area contributed by atoms with Crippen LogP contribution in [0.25, 0.3) is 0 Å². The molecule has 2 nitrogen and oxygen atoms in total. The number of hydrogen-bond acceptors (Lipinski definition) is 2. The van der Waals surface area contributed by atoms with Gasteiger partial charge in [0.25, 0.3) is 0 Å². The Morgan fingerprint density at radius 2 is 1.93 bits per heavy atom. The molecule has 2 heteroatoms. The van der Waals surface area contributed by atoms with Crippen molar-refractivity contribution < 1.29 is 0 Å². The Kier molecular flexibility index (Phi) is 3.09. The molecule has 1 aliphatic heterocycles. The number of rotatable bonds is 4. The Hall–Kier alpha value is -0.0800. The van der Waals surface area contributed by atoms with Gasteiger partial charge in [-0.1, -0.05) is 13.8 Å². The van der Waals surface area contributed by atoms with Crippen molar-refractivity contribution >= 4 is 0 Å². The van der Waals surface area contributed by atoms with E-state index >= 15 is 0 Å². The molecule has 0 aromatic carbocycles. The summed E-state index contributed by atoms with van der Waals surface area (Å²) >= 11 is 0. The molecule has 2 aliphatic rings. The number of hydrogen-bond donors (Lipinski definition) is 1. The normalized spacial score (nSPS) is 35.4. The fourth-order valence-corrected chi connectivity index (χ4v) is 2.79. The third-order valence-electron chi connectivity index (χ3n) is 4.60. The van der Waals surface area contributed by atoms with Crippen molar-refractivity contribution in [2.75, 3.05) is 26.2 Å². The van der Waals surface area contributed by atoms with Gasteiger partial charge in [-0.15, -0.1) is 0 Å². The van der Waals surface area contributed by atoms with E-state index in [1.165, 1.54) is 51.9 Å². The SMILES string of the molecule is CCC1(CN2CCNC(C)(CC)C2)CC1. The molecule has 1 atom stereocenters. The van der Waals surface area contributed by atoms with E-state index < -0.39 is 0 Å². The lowest BCUT2D eigenvalue weighted by molar-refractivity contribution is 0.116. The van der Waals surface area contributed by atoms with Crippen LogP contribution in [0, 0.1) is 5.41 Å². The maximum atomic E-state index is 3.66. The van der Waals surface area contributed by atoms with Gasteiger partial charge in [-0.3, -0.25) is 4.90 Å². The maximum Gasteiger partial charge on any atom is 0.0278 e. The van der Waals surface area contributed by atoms with Crippen LogP contribution in [-0.2, 0) is 0 Å². The van der Waals surface area contributed by atoms with E-state index in [9.17, 15) is 0 Å². The molecule has 2 rings (SSSR count). The van der Waals surface area contributed by atoms with E-state index in [1.54, 1.807) is 0 Å². The molecule has 0 aromatic heterocycles. The Morgan fingerprint density at radius 1 is 1.20 bits per heavy atom. The molecule has 0 amide bonds. The predicted octanol–water partition coefficient (Wildman–Crippen LogP) is 2.25. The van der Waals surface area contributed by atoms with Gasteiger partial charge in [-0.2, -0.15) is 0 Å². The van der Waals surface area contributed by atoms with E-state index in [-0.39, 0.29) is 0 Å². The van der Waals surface area contributed by atoms with Gasteiger partial charge >= 0.3 is 0 Å². The quantitative estimate of drug-likeness (QED) is 0.765. The molecule has 1 saturated heterocycles. The maximum absolute atomic E-state index is 3.66. The van der Waals surface area contributed by atoms with Crippen LogP contribution in [-0.4, -0.2) is 36.6 Å². The number of nitrogens with zero attached hydrogens (tertiary/aromatic N) is 1. The summed E-state index contributed by atoms with van der Waals surface area (Å²) in [6, 6.07) is 0. The summed E-state index contributed by atoms with van der Waals surface area (Å²) in [6.07, 6.45) is 5.55. The number of piperazine rings is 1. The highest BCUT2D eigenvalue weighted by Gasteiger charge is 2.43. The topological polar surface area (TPSA) is 15.3 Å². The molecular weight excluding hydrogens is 184 g/mol. The molecule has 2 fully saturated rings. The molecule has 1 heterocycles. The van der Waals surface area contributed by atoms with Gasteiger partial charge in [-0.05, 0) is 38.0 Å². The van der Waals surface area contributed by atoms with E-state index in [0.717, 1.165) is 0 Å².